The number of para-hydroxylation sites is 1. The van der Waals surface area contributed by atoms with Crippen LogP contribution in [-0.2, 0) is 4.79 Å². The molecular weight excluding hydrogens is 387 g/mol. The van der Waals surface area contributed by atoms with Crippen LogP contribution in [0.1, 0.15) is 23.7 Å². The van der Waals surface area contributed by atoms with Crippen molar-refractivity contribution in [2.45, 2.75) is 13.3 Å². The van der Waals surface area contributed by atoms with Gasteiger partial charge in [0.25, 0.3) is 5.91 Å². The Balaban J connectivity index is 0.00000182. The van der Waals surface area contributed by atoms with Gasteiger partial charge in [0.2, 0.25) is 5.91 Å². The fourth-order valence-electron chi connectivity index (χ4n) is 3.32. The third-order valence-corrected chi connectivity index (χ3v) is 5.36. The molecule has 2 fully saturated rings. The fourth-order valence-corrected chi connectivity index (χ4v) is 3.32. The van der Waals surface area contributed by atoms with Crippen LogP contribution >= 0.6 is 24.8 Å². The van der Waals surface area contributed by atoms with Crippen LogP contribution in [0.2, 0.25) is 0 Å². The van der Waals surface area contributed by atoms with Crippen LogP contribution in [0.4, 0.5) is 5.69 Å². The van der Waals surface area contributed by atoms with Gasteiger partial charge in [0.05, 0.1) is 11.3 Å². The summed E-state index contributed by atoms with van der Waals surface area (Å²) >= 11 is 0. The minimum Gasteiger partial charge on any atom is -0.337 e. The summed E-state index contributed by atoms with van der Waals surface area (Å²) in [4.78, 5) is 29.6. The molecule has 0 aliphatic carbocycles. The summed E-state index contributed by atoms with van der Waals surface area (Å²) in [6.45, 7) is 7.10. The molecule has 0 spiro atoms. The predicted molar refractivity (Wildman–Crippen MR) is 113 cm³/mol. The molecule has 2 saturated heterocycles. The zero-order valence-electron chi connectivity index (χ0n) is 15.9. The molecule has 6 nitrogen and oxygen atoms in total. The van der Waals surface area contributed by atoms with Gasteiger partial charge in [-0.3, -0.25) is 9.59 Å². The molecule has 2 aliphatic rings. The number of rotatable bonds is 4. The van der Waals surface area contributed by atoms with Crippen molar-refractivity contribution in [2.75, 3.05) is 51.6 Å². The molecule has 8 heteroatoms. The molecular formula is C19H30Cl2N4O2. The maximum Gasteiger partial charge on any atom is 0.256 e. The van der Waals surface area contributed by atoms with E-state index in [4.69, 9.17) is 0 Å². The number of anilines is 1. The normalized spacial score (nSPS) is 19.0. The molecule has 2 aliphatic heterocycles. The first kappa shape index (κ1) is 23.7. The number of amides is 2. The Morgan fingerprint density at radius 3 is 2.48 bits per heavy atom. The van der Waals surface area contributed by atoms with Crippen molar-refractivity contribution in [2.24, 2.45) is 11.8 Å². The number of hydrogen-bond donors (Lipinski definition) is 2. The van der Waals surface area contributed by atoms with Crippen molar-refractivity contribution in [3.8, 4) is 0 Å². The SMILES string of the molecule is CC(C(=O)Nc1ccccc1C(=O)N1CCCN(C)CC1)C1CNC1.Cl.Cl. The van der Waals surface area contributed by atoms with Gasteiger partial charge in [-0.25, -0.2) is 0 Å². The molecule has 0 bridgehead atoms. The van der Waals surface area contributed by atoms with Gasteiger partial charge >= 0.3 is 0 Å². The van der Waals surface area contributed by atoms with E-state index in [2.05, 4.69) is 22.6 Å². The summed E-state index contributed by atoms with van der Waals surface area (Å²) in [5.41, 5.74) is 1.20. The monoisotopic (exact) mass is 416 g/mol. The Morgan fingerprint density at radius 2 is 1.81 bits per heavy atom. The van der Waals surface area contributed by atoms with E-state index in [0.29, 0.717) is 17.2 Å². The predicted octanol–water partition coefficient (Wildman–Crippen LogP) is 2.10. The van der Waals surface area contributed by atoms with Crippen molar-refractivity contribution >= 4 is 42.3 Å². The van der Waals surface area contributed by atoms with Gasteiger partial charge in [0, 0.05) is 25.6 Å². The number of halogens is 2. The van der Waals surface area contributed by atoms with E-state index in [1.165, 1.54) is 0 Å². The first-order chi connectivity index (χ1) is 12.1. The molecule has 1 aromatic rings. The van der Waals surface area contributed by atoms with E-state index in [0.717, 1.165) is 45.7 Å². The zero-order valence-corrected chi connectivity index (χ0v) is 17.6. The summed E-state index contributed by atoms with van der Waals surface area (Å²) in [6.07, 6.45) is 0.975. The van der Waals surface area contributed by atoms with Gasteiger partial charge in [0.15, 0.2) is 0 Å². The third kappa shape index (κ3) is 5.82. The summed E-state index contributed by atoms with van der Waals surface area (Å²) < 4.78 is 0. The second-order valence-corrected chi connectivity index (χ2v) is 7.19. The molecule has 1 atom stereocenters. The van der Waals surface area contributed by atoms with Crippen LogP contribution in [0.5, 0.6) is 0 Å². The van der Waals surface area contributed by atoms with E-state index in [1.54, 1.807) is 0 Å². The number of hydrogen-bond acceptors (Lipinski definition) is 4. The van der Waals surface area contributed by atoms with Gasteiger partial charge in [0.1, 0.15) is 0 Å². The lowest BCUT2D eigenvalue weighted by Crippen LogP contribution is -2.48. The lowest BCUT2D eigenvalue weighted by atomic mass is 9.88. The number of nitrogens with zero attached hydrogens (tertiary/aromatic N) is 2. The average Bonchev–Trinajstić information content (AvgIpc) is 2.77. The Morgan fingerprint density at radius 1 is 1.11 bits per heavy atom. The van der Waals surface area contributed by atoms with Gasteiger partial charge in [-0.2, -0.15) is 0 Å². The summed E-state index contributed by atoms with van der Waals surface area (Å²) in [5, 5.41) is 6.18. The first-order valence-electron chi connectivity index (χ1n) is 9.14. The van der Waals surface area contributed by atoms with Crippen molar-refractivity contribution in [1.29, 1.82) is 0 Å². The van der Waals surface area contributed by atoms with Crippen molar-refractivity contribution in [3.05, 3.63) is 29.8 Å². The minimum absolute atomic E-state index is 0. The van der Waals surface area contributed by atoms with Gasteiger partial charge in [-0.15, -0.1) is 24.8 Å². The highest BCUT2D eigenvalue weighted by Gasteiger charge is 2.29. The van der Waals surface area contributed by atoms with Crippen LogP contribution in [0.3, 0.4) is 0 Å². The van der Waals surface area contributed by atoms with Crippen molar-refractivity contribution in [1.82, 2.24) is 15.1 Å². The Hall–Kier alpha value is -1.34. The van der Waals surface area contributed by atoms with E-state index in [9.17, 15) is 9.59 Å². The number of carbonyl (C=O) groups is 2. The molecule has 152 valence electrons. The van der Waals surface area contributed by atoms with Crippen LogP contribution < -0.4 is 10.6 Å². The molecule has 3 rings (SSSR count). The molecule has 1 unspecified atom stereocenters. The average molecular weight is 417 g/mol. The molecule has 2 amide bonds. The molecule has 0 saturated carbocycles. The van der Waals surface area contributed by atoms with Crippen LogP contribution in [0.15, 0.2) is 24.3 Å². The van der Waals surface area contributed by atoms with Crippen molar-refractivity contribution in [3.63, 3.8) is 0 Å². The number of carbonyl (C=O) groups excluding carboxylic acids is 2. The first-order valence-corrected chi connectivity index (χ1v) is 9.14. The van der Waals surface area contributed by atoms with Crippen LogP contribution in [-0.4, -0.2) is 67.9 Å². The zero-order chi connectivity index (χ0) is 17.8. The lowest BCUT2D eigenvalue weighted by molar-refractivity contribution is -0.121. The highest BCUT2D eigenvalue weighted by Crippen LogP contribution is 2.22. The van der Waals surface area contributed by atoms with E-state index in [-0.39, 0.29) is 42.5 Å². The number of likely N-dealkylation sites (N-methyl/N-ethyl adjacent to an activating group) is 1. The van der Waals surface area contributed by atoms with Gasteiger partial charge in [-0.1, -0.05) is 19.1 Å². The number of benzene rings is 1. The van der Waals surface area contributed by atoms with Crippen LogP contribution in [0.25, 0.3) is 0 Å². The largest absolute Gasteiger partial charge is 0.337 e. The molecule has 1 aromatic carbocycles. The Kier molecular flexibility index (Phi) is 9.53. The molecule has 0 aromatic heterocycles. The quantitative estimate of drug-likeness (QED) is 0.788. The topological polar surface area (TPSA) is 64.7 Å². The molecule has 0 radical (unpaired) electrons. The molecule has 27 heavy (non-hydrogen) atoms. The Labute approximate surface area is 173 Å². The Bertz CT molecular complexity index is 640. The van der Waals surface area contributed by atoms with Crippen molar-refractivity contribution < 1.29 is 9.59 Å². The molecule has 2 N–H and O–H groups in total. The smallest absolute Gasteiger partial charge is 0.256 e. The lowest BCUT2D eigenvalue weighted by Gasteiger charge is -2.32. The summed E-state index contributed by atoms with van der Waals surface area (Å²) in [6, 6.07) is 7.34. The maximum atomic E-state index is 13.0. The second-order valence-electron chi connectivity index (χ2n) is 7.19. The third-order valence-electron chi connectivity index (χ3n) is 5.36. The van der Waals surface area contributed by atoms with Gasteiger partial charge in [-0.05, 0) is 51.2 Å². The summed E-state index contributed by atoms with van der Waals surface area (Å²) in [7, 11) is 2.08. The standard InChI is InChI=1S/C19H28N4O2.2ClH/c1-14(15-12-20-13-15)18(24)21-17-7-4-3-6-16(17)19(25)23-9-5-8-22(2)10-11-23;;/h3-4,6-7,14-15,20H,5,8-13H2,1-2H3,(H,21,24);2*1H. The minimum atomic E-state index is -0.0590. The maximum absolute atomic E-state index is 13.0. The highest BCUT2D eigenvalue weighted by atomic mass is 35.5. The van der Waals surface area contributed by atoms with E-state index in [1.807, 2.05) is 36.1 Å². The van der Waals surface area contributed by atoms with Crippen LogP contribution in [0, 0.1) is 11.8 Å². The molecule has 2 heterocycles. The van der Waals surface area contributed by atoms with E-state index < -0.39 is 0 Å². The second kappa shape index (κ2) is 10.9. The highest BCUT2D eigenvalue weighted by molar-refractivity contribution is 6.04. The number of nitrogens with one attached hydrogen (secondary N) is 2. The summed E-state index contributed by atoms with van der Waals surface area (Å²) in [5.74, 6) is 0.312. The van der Waals surface area contributed by atoms with Gasteiger partial charge < -0.3 is 20.4 Å². The van der Waals surface area contributed by atoms with E-state index >= 15 is 0 Å². The fraction of sp³-hybridized carbons (Fsp3) is 0.579.